The number of nitrogens with zero attached hydrogens (tertiary/aromatic N) is 4. The number of aromatic nitrogens is 2. The molecule has 7 heteroatoms. The predicted molar refractivity (Wildman–Crippen MR) is 81.2 cm³/mol. The van der Waals surface area contributed by atoms with E-state index in [9.17, 15) is 9.59 Å². The summed E-state index contributed by atoms with van der Waals surface area (Å²) in [5.74, 6) is 1.00. The fourth-order valence-electron chi connectivity index (χ4n) is 3.03. The van der Waals surface area contributed by atoms with Gasteiger partial charge in [-0.25, -0.2) is 9.97 Å². The molecule has 0 spiro atoms. The number of anilines is 1. The minimum absolute atomic E-state index is 0.0337. The van der Waals surface area contributed by atoms with Crippen molar-refractivity contribution < 1.29 is 9.59 Å². The lowest BCUT2D eigenvalue weighted by Gasteiger charge is -2.33. The molecular weight excluding hydrogens is 282 g/mol. The van der Waals surface area contributed by atoms with Gasteiger partial charge >= 0.3 is 0 Å². The van der Waals surface area contributed by atoms with E-state index in [1.54, 1.807) is 18.5 Å². The quantitative estimate of drug-likeness (QED) is 0.835. The van der Waals surface area contributed by atoms with Crippen molar-refractivity contribution in [3.05, 3.63) is 18.5 Å². The van der Waals surface area contributed by atoms with E-state index in [0.29, 0.717) is 26.1 Å². The Morgan fingerprint density at radius 1 is 1.14 bits per heavy atom. The van der Waals surface area contributed by atoms with Crippen molar-refractivity contribution in [2.45, 2.75) is 19.3 Å². The molecule has 7 nitrogen and oxygen atoms in total. The van der Waals surface area contributed by atoms with E-state index in [4.69, 9.17) is 0 Å². The van der Waals surface area contributed by atoms with Crippen LogP contribution in [-0.4, -0.2) is 59.4 Å². The van der Waals surface area contributed by atoms with Crippen LogP contribution in [-0.2, 0) is 9.59 Å². The highest BCUT2D eigenvalue weighted by molar-refractivity contribution is 5.81. The van der Waals surface area contributed by atoms with Gasteiger partial charge in [0.2, 0.25) is 17.8 Å². The second-order valence-electron chi connectivity index (χ2n) is 5.74. The average Bonchev–Trinajstić information content (AvgIpc) is 2.80. The van der Waals surface area contributed by atoms with Crippen LogP contribution in [0.25, 0.3) is 0 Å². The Labute approximate surface area is 129 Å². The van der Waals surface area contributed by atoms with Gasteiger partial charge in [0.25, 0.3) is 0 Å². The SMILES string of the molecule is O=C1CCN(C(=O)C2CCN(c3ncccn3)CC2)CCN1. The Bertz CT molecular complexity index is 528. The molecule has 3 rings (SSSR count). The van der Waals surface area contributed by atoms with Crippen LogP contribution in [0.1, 0.15) is 19.3 Å². The number of piperidine rings is 1. The third-order valence-electron chi connectivity index (χ3n) is 4.30. The molecule has 1 aromatic heterocycles. The molecule has 0 bridgehead atoms. The van der Waals surface area contributed by atoms with Crippen molar-refractivity contribution in [2.75, 3.05) is 37.6 Å². The molecule has 3 heterocycles. The minimum Gasteiger partial charge on any atom is -0.354 e. The number of hydrogen-bond donors (Lipinski definition) is 1. The molecule has 2 aliphatic rings. The lowest BCUT2D eigenvalue weighted by atomic mass is 9.95. The molecule has 1 N–H and O–H groups in total. The van der Waals surface area contributed by atoms with Gasteiger partial charge in [-0.05, 0) is 18.9 Å². The summed E-state index contributed by atoms with van der Waals surface area (Å²) in [4.78, 5) is 36.4. The minimum atomic E-state index is 0.0337. The topological polar surface area (TPSA) is 78.4 Å². The van der Waals surface area contributed by atoms with Crippen LogP contribution in [0.5, 0.6) is 0 Å². The number of carbonyl (C=O) groups excluding carboxylic acids is 2. The third kappa shape index (κ3) is 3.35. The van der Waals surface area contributed by atoms with Gasteiger partial charge in [0.05, 0.1) is 0 Å². The molecular formula is C15H21N5O2. The van der Waals surface area contributed by atoms with Gasteiger partial charge in [0.15, 0.2) is 0 Å². The number of nitrogens with one attached hydrogen (secondary N) is 1. The number of carbonyl (C=O) groups is 2. The largest absolute Gasteiger partial charge is 0.354 e. The normalized spacial score (nSPS) is 20.5. The summed E-state index contributed by atoms with van der Waals surface area (Å²) in [6.07, 6.45) is 5.51. The van der Waals surface area contributed by atoms with Crippen LogP contribution in [0.4, 0.5) is 5.95 Å². The zero-order chi connectivity index (χ0) is 15.4. The predicted octanol–water partition coefficient (Wildman–Crippen LogP) is 0.0415. The molecule has 118 valence electrons. The Kier molecular flexibility index (Phi) is 4.50. The standard InChI is InChI=1S/C15H21N5O2/c21-13-4-10-19(11-7-16-13)14(22)12-2-8-20(9-3-12)15-17-5-1-6-18-15/h1,5-6,12H,2-4,7-11H2,(H,16,21). The molecule has 0 unspecified atom stereocenters. The molecule has 22 heavy (non-hydrogen) atoms. The maximum absolute atomic E-state index is 12.6. The lowest BCUT2D eigenvalue weighted by Crippen LogP contribution is -2.44. The van der Waals surface area contributed by atoms with E-state index >= 15 is 0 Å². The van der Waals surface area contributed by atoms with Crippen molar-refractivity contribution in [3.8, 4) is 0 Å². The first kappa shape index (κ1) is 14.7. The van der Waals surface area contributed by atoms with Gasteiger partial charge in [0.1, 0.15) is 0 Å². The Morgan fingerprint density at radius 3 is 2.59 bits per heavy atom. The molecule has 2 saturated heterocycles. The molecule has 2 fully saturated rings. The van der Waals surface area contributed by atoms with Crippen LogP contribution in [0.15, 0.2) is 18.5 Å². The zero-order valence-corrected chi connectivity index (χ0v) is 12.6. The van der Waals surface area contributed by atoms with Crippen molar-refractivity contribution in [1.29, 1.82) is 0 Å². The molecule has 0 atom stereocenters. The molecule has 0 aliphatic carbocycles. The maximum atomic E-state index is 12.6. The summed E-state index contributed by atoms with van der Waals surface area (Å²) in [6, 6.07) is 1.80. The van der Waals surface area contributed by atoms with Crippen molar-refractivity contribution >= 4 is 17.8 Å². The van der Waals surface area contributed by atoms with Crippen molar-refractivity contribution in [3.63, 3.8) is 0 Å². The first-order valence-electron chi connectivity index (χ1n) is 7.81. The summed E-state index contributed by atoms with van der Waals surface area (Å²) >= 11 is 0. The number of hydrogen-bond acceptors (Lipinski definition) is 5. The van der Waals surface area contributed by atoms with Gasteiger partial charge in [-0.15, -0.1) is 0 Å². The lowest BCUT2D eigenvalue weighted by molar-refractivity contribution is -0.136. The first-order valence-corrected chi connectivity index (χ1v) is 7.81. The summed E-state index contributed by atoms with van der Waals surface area (Å²) in [7, 11) is 0. The fraction of sp³-hybridized carbons (Fsp3) is 0.600. The molecule has 2 amide bonds. The van der Waals surface area contributed by atoms with E-state index in [0.717, 1.165) is 31.9 Å². The van der Waals surface area contributed by atoms with Crippen LogP contribution in [0.3, 0.4) is 0 Å². The number of rotatable bonds is 2. The van der Waals surface area contributed by atoms with Gasteiger partial charge < -0.3 is 15.1 Å². The van der Waals surface area contributed by atoms with Crippen molar-refractivity contribution in [1.82, 2.24) is 20.2 Å². The molecule has 0 saturated carbocycles. The number of amides is 2. The smallest absolute Gasteiger partial charge is 0.225 e. The third-order valence-corrected chi connectivity index (χ3v) is 4.30. The van der Waals surface area contributed by atoms with E-state index in [1.165, 1.54) is 0 Å². The highest BCUT2D eigenvalue weighted by atomic mass is 16.2. The Balaban J connectivity index is 1.54. The van der Waals surface area contributed by atoms with E-state index < -0.39 is 0 Å². The van der Waals surface area contributed by atoms with Crippen LogP contribution in [0.2, 0.25) is 0 Å². The van der Waals surface area contributed by atoms with Gasteiger partial charge in [-0.2, -0.15) is 0 Å². The van der Waals surface area contributed by atoms with Crippen LogP contribution in [0, 0.1) is 5.92 Å². The van der Waals surface area contributed by atoms with Gasteiger partial charge in [0, 0.05) is 57.5 Å². The Hall–Kier alpha value is -2.18. The molecule has 0 radical (unpaired) electrons. The molecule has 1 aromatic rings. The average molecular weight is 303 g/mol. The summed E-state index contributed by atoms with van der Waals surface area (Å²) in [6.45, 7) is 3.30. The van der Waals surface area contributed by atoms with E-state index in [-0.39, 0.29) is 17.7 Å². The maximum Gasteiger partial charge on any atom is 0.225 e. The second kappa shape index (κ2) is 6.72. The second-order valence-corrected chi connectivity index (χ2v) is 5.74. The Morgan fingerprint density at radius 2 is 1.86 bits per heavy atom. The van der Waals surface area contributed by atoms with Gasteiger partial charge in [-0.3, -0.25) is 9.59 Å². The summed E-state index contributed by atoms with van der Waals surface area (Å²) < 4.78 is 0. The van der Waals surface area contributed by atoms with Crippen LogP contribution < -0.4 is 10.2 Å². The summed E-state index contributed by atoms with van der Waals surface area (Å²) in [5.41, 5.74) is 0. The van der Waals surface area contributed by atoms with Crippen LogP contribution >= 0.6 is 0 Å². The van der Waals surface area contributed by atoms with Crippen molar-refractivity contribution in [2.24, 2.45) is 5.92 Å². The highest BCUT2D eigenvalue weighted by Crippen LogP contribution is 2.22. The monoisotopic (exact) mass is 303 g/mol. The molecule has 0 aromatic carbocycles. The first-order chi connectivity index (χ1) is 10.7. The van der Waals surface area contributed by atoms with E-state index in [1.807, 2.05) is 4.90 Å². The van der Waals surface area contributed by atoms with E-state index in [2.05, 4.69) is 20.2 Å². The molecule has 2 aliphatic heterocycles. The fourth-order valence-corrected chi connectivity index (χ4v) is 3.03. The zero-order valence-electron chi connectivity index (χ0n) is 12.6. The van der Waals surface area contributed by atoms with Gasteiger partial charge in [-0.1, -0.05) is 0 Å². The highest BCUT2D eigenvalue weighted by Gasteiger charge is 2.30. The summed E-state index contributed by atoms with van der Waals surface area (Å²) in [5, 5.41) is 2.80.